The van der Waals surface area contributed by atoms with Crippen molar-refractivity contribution >= 4 is 21.1 Å². The average molecular weight is 455 g/mol. The number of aromatic nitrogens is 5. The first-order valence-corrected chi connectivity index (χ1v) is 12.0. The van der Waals surface area contributed by atoms with Crippen molar-refractivity contribution in [1.29, 1.82) is 0 Å². The third-order valence-corrected chi connectivity index (χ3v) is 6.65. The van der Waals surface area contributed by atoms with Gasteiger partial charge < -0.3 is 4.52 Å². The van der Waals surface area contributed by atoms with Gasteiger partial charge in [0.2, 0.25) is 21.7 Å². The number of aryl methyl sites for hydroxylation is 2. The van der Waals surface area contributed by atoms with Crippen molar-refractivity contribution in [1.82, 2.24) is 29.9 Å². The van der Waals surface area contributed by atoms with Crippen LogP contribution in [0.25, 0.3) is 22.4 Å². The van der Waals surface area contributed by atoms with Gasteiger partial charge in [0, 0.05) is 12.1 Å². The topological polar surface area (TPSA) is 116 Å². The number of rotatable bonds is 8. The Kier molecular flexibility index (Phi) is 6.07. The molecule has 0 aliphatic carbocycles. The molecule has 4 rings (SSSR count). The lowest BCUT2D eigenvalue weighted by Crippen LogP contribution is -2.32. The van der Waals surface area contributed by atoms with Crippen molar-refractivity contribution in [2.75, 3.05) is 0 Å². The minimum absolute atomic E-state index is 0.111. The molecule has 168 valence electrons. The summed E-state index contributed by atoms with van der Waals surface area (Å²) in [7, 11) is -3.76. The van der Waals surface area contributed by atoms with Crippen LogP contribution in [-0.4, -0.2) is 33.6 Å². The second-order valence-corrected chi connectivity index (χ2v) is 9.84. The van der Waals surface area contributed by atoms with Crippen LogP contribution in [0.3, 0.4) is 0 Å². The molecule has 10 heteroatoms. The third-order valence-electron chi connectivity index (χ3n) is 5.20. The largest absolute Gasteiger partial charge is 0.337 e. The van der Waals surface area contributed by atoms with E-state index in [1.54, 1.807) is 24.3 Å². The second-order valence-electron chi connectivity index (χ2n) is 8.13. The van der Waals surface area contributed by atoms with Gasteiger partial charge in [0.1, 0.15) is 11.6 Å². The first kappa shape index (κ1) is 22.1. The van der Waals surface area contributed by atoms with Crippen molar-refractivity contribution in [2.45, 2.75) is 51.6 Å². The number of hydrogen-bond donors (Lipinski definition) is 1. The minimum atomic E-state index is -3.76. The van der Waals surface area contributed by atoms with Gasteiger partial charge in [-0.05, 0) is 49.6 Å². The molecule has 0 spiro atoms. The fourth-order valence-corrected chi connectivity index (χ4v) is 4.73. The molecule has 0 bridgehead atoms. The molecule has 9 nitrogen and oxygen atoms in total. The van der Waals surface area contributed by atoms with Crippen molar-refractivity contribution < 1.29 is 12.9 Å². The normalized spacial score (nSPS) is 13.2. The van der Waals surface area contributed by atoms with E-state index in [9.17, 15) is 8.42 Å². The van der Waals surface area contributed by atoms with Gasteiger partial charge in [-0.2, -0.15) is 9.71 Å². The molecular weight excluding hydrogens is 428 g/mol. The molecule has 2 aromatic carbocycles. The summed E-state index contributed by atoms with van der Waals surface area (Å²) >= 11 is 0. The molecule has 1 unspecified atom stereocenters. The lowest BCUT2D eigenvalue weighted by Gasteiger charge is -2.18. The van der Waals surface area contributed by atoms with Crippen LogP contribution in [0.4, 0.5) is 0 Å². The summed E-state index contributed by atoms with van der Waals surface area (Å²) in [4.78, 5) is 4.67. The van der Waals surface area contributed by atoms with Gasteiger partial charge in [0.15, 0.2) is 0 Å². The van der Waals surface area contributed by atoms with Gasteiger partial charge in [-0.15, -0.1) is 5.10 Å². The predicted octanol–water partition coefficient (Wildman–Crippen LogP) is 3.88. The lowest BCUT2D eigenvalue weighted by atomic mass is 10.1. The quantitative estimate of drug-likeness (QED) is 0.429. The van der Waals surface area contributed by atoms with Crippen LogP contribution in [0.15, 0.2) is 51.9 Å². The van der Waals surface area contributed by atoms with Crippen LogP contribution >= 0.6 is 0 Å². The van der Waals surface area contributed by atoms with Gasteiger partial charge in [0.25, 0.3) is 0 Å². The zero-order chi connectivity index (χ0) is 22.9. The van der Waals surface area contributed by atoms with E-state index in [0.29, 0.717) is 5.82 Å². The highest BCUT2D eigenvalue weighted by Gasteiger charge is 2.29. The molecule has 0 radical (unpaired) electrons. The van der Waals surface area contributed by atoms with E-state index in [0.717, 1.165) is 35.1 Å². The Morgan fingerprint density at radius 3 is 2.56 bits per heavy atom. The first-order valence-electron chi connectivity index (χ1n) is 10.5. The van der Waals surface area contributed by atoms with Gasteiger partial charge in [-0.1, -0.05) is 48.8 Å². The van der Waals surface area contributed by atoms with Crippen LogP contribution in [0.2, 0.25) is 0 Å². The molecule has 1 N–H and O–H groups in total. The molecule has 2 heterocycles. The Bertz CT molecular complexity index is 1330. The molecule has 1 atom stereocenters. The molecule has 2 aromatic heterocycles. The van der Waals surface area contributed by atoms with Crippen molar-refractivity contribution in [2.24, 2.45) is 5.92 Å². The molecule has 32 heavy (non-hydrogen) atoms. The molecule has 4 aromatic rings. The van der Waals surface area contributed by atoms with Crippen LogP contribution in [0.5, 0.6) is 0 Å². The fraction of sp³-hybridized carbons (Fsp3) is 0.364. The van der Waals surface area contributed by atoms with E-state index in [1.807, 2.05) is 43.7 Å². The van der Waals surface area contributed by atoms with E-state index >= 15 is 0 Å². The Morgan fingerprint density at radius 2 is 1.88 bits per heavy atom. The first-order chi connectivity index (χ1) is 15.3. The van der Waals surface area contributed by atoms with Crippen LogP contribution < -0.4 is 4.72 Å². The van der Waals surface area contributed by atoms with Gasteiger partial charge in [0.05, 0.1) is 10.4 Å². The Balaban J connectivity index is 1.61. The summed E-state index contributed by atoms with van der Waals surface area (Å²) in [5, 5.41) is 12.5. The van der Waals surface area contributed by atoms with Gasteiger partial charge in [-0.3, -0.25) is 0 Å². The maximum absolute atomic E-state index is 12.9. The SMILES string of the molecule is CCCn1nnc2cc(-c3noc(C(NS(=O)(=O)c4ccc(C)cc4)C(C)C)n3)ccc21. The molecule has 0 amide bonds. The number of nitrogens with zero attached hydrogens (tertiary/aromatic N) is 5. The van der Waals surface area contributed by atoms with Crippen LogP contribution in [-0.2, 0) is 16.6 Å². The number of sulfonamides is 1. The third kappa shape index (κ3) is 4.42. The maximum atomic E-state index is 12.9. The predicted molar refractivity (Wildman–Crippen MR) is 120 cm³/mol. The van der Waals surface area contributed by atoms with Crippen molar-refractivity contribution in [3.05, 3.63) is 53.9 Å². The monoisotopic (exact) mass is 454 g/mol. The zero-order valence-corrected chi connectivity index (χ0v) is 19.3. The maximum Gasteiger partial charge on any atom is 0.245 e. The minimum Gasteiger partial charge on any atom is -0.337 e. The highest BCUT2D eigenvalue weighted by Crippen LogP contribution is 2.27. The summed E-state index contributed by atoms with van der Waals surface area (Å²) in [6, 6.07) is 11.7. The lowest BCUT2D eigenvalue weighted by molar-refractivity contribution is 0.311. The number of benzene rings is 2. The number of nitrogens with one attached hydrogen (secondary N) is 1. The van der Waals surface area contributed by atoms with E-state index in [2.05, 4.69) is 32.1 Å². The highest BCUT2D eigenvalue weighted by molar-refractivity contribution is 7.89. The highest BCUT2D eigenvalue weighted by atomic mass is 32.2. The summed E-state index contributed by atoms with van der Waals surface area (Å²) in [5.74, 6) is 0.465. The van der Waals surface area contributed by atoms with Crippen molar-refractivity contribution in [3.8, 4) is 11.4 Å². The van der Waals surface area contributed by atoms with E-state index in [4.69, 9.17) is 4.52 Å². The molecule has 0 saturated heterocycles. The Morgan fingerprint density at radius 1 is 1.12 bits per heavy atom. The average Bonchev–Trinajstić information content (AvgIpc) is 3.40. The number of hydrogen-bond acceptors (Lipinski definition) is 7. The molecular formula is C22H26N6O3S. The summed E-state index contributed by atoms with van der Waals surface area (Å²) in [6.45, 7) is 8.57. The van der Waals surface area contributed by atoms with E-state index in [1.165, 1.54) is 0 Å². The molecule has 0 aliphatic rings. The van der Waals surface area contributed by atoms with Crippen LogP contribution in [0.1, 0.15) is 44.7 Å². The molecule has 0 fully saturated rings. The summed E-state index contributed by atoms with van der Waals surface area (Å²) < 4.78 is 35.8. The van der Waals surface area contributed by atoms with Crippen molar-refractivity contribution in [3.63, 3.8) is 0 Å². The van der Waals surface area contributed by atoms with Gasteiger partial charge in [-0.25, -0.2) is 13.1 Å². The summed E-state index contributed by atoms with van der Waals surface area (Å²) in [6.07, 6.45) is 0.962. The summed E-state index contributed by atoms with van der Waals surface area (Å²) in [5.41, 5.74) is 3.38. The standard InChI is InChI=1S/C22H26N6O3S/c1-5-12-28-19-11-8-16(13-18(19)24-27-28)21-23-22(31-25-21)20(14(2)3)26-32(29,30)17-9-6-15(4)7-10-17/h6-11,13-14,20,26H,5,12H2,1-4H3. The smallest absolute Gasteiger partial charge is 0.245 e. The molecule has 0 aliphatic heterocycles. The Labute approximate surface area is 186 Å². The Hall–Kier alpha value is -3.11. The zero-order valence-electron chi connectivity index (χ0n) is 18.5. The fourth-order valence-electron chi connectivity index (χ4n) is 3.39. The van der Waals surface area contributed by atoms with E-state index < -0.39 is 16.1 Å². The van der Waals surface area contributed by atoms with E-state index in [-0.39, 0.29) is 16.7 Å². The van der Waals surface area contributed by atoms with Crippen LogP contribution in [0, 0.1) is 12.8 Å². The number of fused-ring (bicyclic) bond motifs is 1. The van der Waals surface area contributed by atoms with Gasteiger partial charge >= 0.3 is 0 Å². The second kappa shape index (κ2) is 8.79. The molecule has 0 saturated carbocycles.